The smallest absolute Gasteiger partial charge is 0.270 e. The van der Waals surface area contributed by atoms with Crippen molar-refractivity contribution in [1.82, 2.24) is 15.3 Å². The molecule has 0 saturated heterocycles. The predicted molar refractivity (Wildman–Crippen MR) is 65.5 cm³/mol. The Morgan fingerprint density at radius 2 is 2.22 bits per heavy atom. The average molecular weight is 248 g/mol. The van der Waals surface area contributed by atoms with Crippen LogP contribution in [0.5, 0.6) is 0 Å². The normalized spacial score (nSPS) is 26.0. The number of hydrogen-bond donors (Lipinski definition) is 3. The first-order valence-corrected chi connectivity index (χ1v) is 6.25. The molecule has 0 spiro atoms. The Hall–Kier alpha value is -1.69. The summed E-state index contributed by atoms with van der Waals surface area (Å²) in [5, 5.41) is 15.6. The highest BCUT2D eigenvalue weighted by molar-refractivity contribution is 5.96. The topological polar surface area (TPSA) is 87.1 Å². The summed E-state index contributed by atoms with van der Waals surface area (Å²) in [5.41, 5.74) is 1.33. The number of fused-ring (bicyclic) bond motifs is 1. The van der Waals surface area contributed by atoms with E-state index < -0.39 is 0 Å². The SMILES string of the molecule is Cc1nc(N[C@H]2CC[C@H]2O)c2c(n1)C(=O)NCC2. The van der Waals surface area contributed by atoms with Crippen LogP contribution in [0.4, 0.5) is 5.82 Å². The van der Waals surface area contributed by atoms with E-state index in [1.807, 2.05) is 0 Å². The second-order valence-corrected chi connectivity index (χ2v) is 4.85. The fraction of sp³-hybridized carbons (Fsp3) is 0.583. The Morgan fingerprint density at radius 1 is 1.39 bits per heavy atom. The van der Waals surface area contributed by atoms with Crippen molar-refractivity contribution in [3.63, 3.8) is 0 Å². The summed E-state index contributed by atoms with van der Waals surface area (Å²) < 4.78 is 0. The minimum Gasteiger partial charge on any atom is -0.391 e. The summed E-state index contributed by atoms with van der Waals surface area (Å²) in [6.07, 6.45) is 2.18. The number of carbonyl (C=O) groups is 1. The number of aliphatic hydroxyl groups is 1. The van der Waals surface area contributed by atoms with E-state index in [0.717, 1.165) is 24.8 Å². The molecule has 1 aromatic heterocycles. The van der Waals surface area contributed by atoms with E-state index in [-0.39, 0.29) is 18.1 Å². The number of nitrogens with one attached hydrogen (secondary N) is 2. The molecule has 0 bridgehead atoms. The highest BCUT2D eigenvalue weighted by Crippen LogP contribution is 2.27. The molecule has 1 amide bonds. The van der Waals surface area contributed by atoms with E-state index in [2.05, 4.69) is 20.6 Å². The molecule has 0 aromatic carbocycles. The summed E-state index contributed by atoms with van der Waals surface area (Å²) in [4.78, 5) is 20.3. The molecule has 1 aliphatic heterocycles. The Balaban J connectivity index is 1.95. The van der Waals surface area contributed by atoms with Crippen LogP contribution in [-0.2, 0) is 6.42 Å². The summed E-state index contributed by atoms with van der Waals surface area (Å²) >= 11 is 0. The maximum atomic E-state index is 11.7. The molecular formula is C12H16N4O2. The van der Waals surface area contributed by atoms with Gasteiger partial charge in [0.25, 0.3) is 5.91 Å². The van der Waals surface area contributed by atoms with Gasteiger partial charge in [0, 0.05) is 12.1 Å². The van der Waals surface area contributed by atoms with Gasteiger partial charge < -0.3 is 15.7 Å². The first-order chi connectivity index (χ1) is 8.65. The lowest BCUT2D eigenvalue weighted by molar-refractivity contribution is 0.0783. The fourth-order valence-electron chi connectivity index (χ4n) is 2.35. The number of aliphatic hydroxyl groups excluding tert-OH is 1. The van der Waals surface area contributed by atoms with Crippen LogP contribution in [0, 0.1) is 6.92 Å². The summed E-state index contributed by atoms with van der Waals surface area (Å²) in [6, 6.07) is 0.0494. The molecular weight excluding hydrogens is 232 g/mol. The fourth-order valence-corrected chi connectivity index (χ4v) is 2.35. The minimum atomic E-state index is -0.312. The van der Waals surface area contributed by atoms with E-state index in [9.17, 15) is 9.90 Å². The van der Waals surface area contributed by atoms with Crippen LogP contribution in [0.25, 0.3) is 0 Å². The van der Waals surface area contributed by atoms with Crippen LogP contribution < -0.4 is 10.6 Å². The van der Waals surface area contributed by atoms with Gasteiger partial charge in [-0.1, -0.05) is 0 Å². The van der Waals surface area contributed by atoms with Crippen LogP contribution in [-0.4, -0.2) is 39.7 Å². The van der Waals surface area contributed by atoms with Crippen molar-refractivity contribution in [2.24, 2.45) is 0 Å². The Kier molecular flexibility index (Phi) is 2.66. The van der Waals surface area contributed by atoms with Crippen LogP contribution >= 0.6 is 0 Å². The predicted octanol–water partition coefficient (Wildman–Crippen LogP) is 0.00612. The Labute approximate surface area is 105 Å². The van der Waals surface area contributed by atoms with Crippen molar-refractivity contribution in [2.45, 2.75) is 38.3 Å². The third-order valence-electron chi connectivity index (χ3n) is 3.55. The van der Waals surface area contributed by atoms with Gasteiger partial charge in [-0.3, -0.25) is 4.79 Å². The van der Waals surface area contributed by atoms with Gasteiger partial charge in [-0.15, -0.1) is 0 Å². The highest BCUT2D eigenvalue weighted by atomic mass is 16.3. The molecule has 1 aliphatic carbocycles. The molecule has 1 fully saturated rings. The van der Waals surface area contributed by atoms with Crippen molar-refractivity contribution < 1.29 is 9.90 Å². The monoisotopic (exact) mass is 248 g/mol. The van der Waals surface area contributed by atoms with Gasteiger partial charge in [0.05, 0.1) is 12.1 Å². The van der Waals surface area contributed by atoms with Gasteiger partial charge in [-0.25, -0.2) is 9.97 Å². The third kappa shape index (κ3) is 1.82. The van der Waals surface area contributed by atoms with Crippen molar-refractivity contribution in [3.8, 4) is 0 Å². The zero-order valence-electron chi connectivity index (χ0n) is 10.2. The second kappa shape index (κ2) is 4.20. The second-order valence-electron chi connectivity index (χ2n) is 4.85. The average Bonchev–Trinajstić information content (AvgIpc) is 2.35. The number of aryl methyl sites for hydroxylation is 1. The zero-order valence-corrected chi connectivity index (χ0v) is 10.2. The quantitative estimate of drug-likeness (QED) is 0.686. The molecule has 96 valence electrons. The standard InChI is InChI=1S/C12H16N4O2/c1-6-14-10-7(4-5-13-12(10)18)11(15-6)16-8-2-3-9(8)17/h8-9,17H,2-5H2,1H3,(H,13,18)(H,14,15,16)/t8-,9+/m0/s1. The number of nitrogens with zero attached hydrogens (tertiary/aromatic N) is 2. The molecule has 0 radical (unpaired) electrons. The van der Waals surface area contributed by atoms with Gasteiger partial charge in [-0.2, -0.15) is 0 Å². The van der Waals surface area contributed by atoms with E-state index in [1.165, 1.54) is 0 Å². The third-order valence-corrected chi connectivity index (χ3v) is 3.55. The number of amides is 1. The number of carbonyl (C=O) groups excluding carboxylic acids is 1. The van der Waals surface area contributed by atoms with E-state index in [4.69, 9.17) is 0 Å². The lowest BCUT2D eigenvalue weighted by Gasteiger charge is -2.34. The van der Waals surface area contributed by atoms with Gasteiger partial charge in [0.1, 0.15) is 17.3 Å². The van der Waals surface area contributed by atoms with E-state index in [0.29, 0.717) is 23.9 Å². The zero-order chi connectivity index (χ0) is 12.7. The highest BCUT2D eigenvalue weighted by Gasteiger charge is 2.31. The molecule has 1 saturated carbocycles. The number of hydrogen-bond acceptors (Lipinski definition) is 5. The minimum absolute atomic E-state index is 0.0494. The van der Waals surface area contributed by atoms with Crippen LogP contribution in [0.15, 0.2) is 0 Å². The number of anilines is 1. The van der Waals surface area contributed by atoms with Crippen molar-refractivity contribution in [2.75, 3.05) is 11.9 Å². The molecule has 3 rings (SSSR count). The molecule has 2 aliphatic rings. The largest absolute Gasteiger partial charge is 0.391 e. The van der Waals surface area contributed by atoms with Crippen molar-refractivity contribution in [3.05, 3.63) is 17.1 Å². The molecule has 3 N–H and O–H groups in total. The molecule has 18 heavy (non-hydrogen) atoms. The molecule has 6 nitrogen and oxygen atoms in total. The van der Waals surface area contributed by atoms with Crippen molar-refractivity contribution in [1.29, 1.82) is 0 Å². The number of aromatic nitrogens is 2. The summed E-state index contributed by atoms with van der Waals surface area (Å²) in [5.74, 6) is 1.14. The lowest BCUT2D eigenvalue weighted by Crippen LogP contribution is -2.44. The molecule has 0 unspecified atom stereocenters. The van der Waals surface area contributed by atoms with E-state index >= 15 is 0 Å². The lowest BCUT2D eigenvalue weighted by atomic mass is 9.89. The van der Waals surface area contributed by atoms with Crippen LogP contribution in [0.1, 0.15) is 34.7 Å². The first kappa shape index (κ1) is 11.4. The van der Waals surface area contributed by atoms with Gasteiger partial charge >= 0.3 is 0 Å². The van der Waals surface area contributed by atoms with E-state index in [1.54, 1.807) is 6.92 Å². The van der Waals surface area contributed by atoms with Crippen LogP contribution in [0.3, 0.4) is 0 Å². The van der Waals surface area contributed by atoms with Crippen LogP contribution in [0.2, 0.25) is 0 Å². The van der Waals surface area contributed by atoms with Crippen molar-refractivity contribution >= 4 is 11.7 Å². The molecule has 2 atom stereocenters. The van der Waals surface area contributed by atoms with Gasteiger partial charge in [-0.05, 0) is 26.2 Å². The molecule has 6 heteroatoms. The van der Waals surface area contributed by atoms with Gasteiger partial charge in [0.15, 0.2) is 0 Å². The maximum absolute atomic E-state index is 11.7. The number of rotatable bonds is 2. The summed E-state index contributed by atoms with van der Waals surface area (Å²) in [6.45, 7) is 2.38. The molecule has 2 heterocycles. The van der Waals surface area contributed by atoms with Gasteiger partial charge in [0.2, 0.25) is 0 Å². The first-order valence-electron chi connectivity index (χ1n) is 6.25. The maximum Gasteiger partial charge on any atom is 0.270 e. The Bertz CT molecular complexity index is 503. The molecule has 1 aromatic rings. The Morgan fingerprint density at radius 3 is 2.89 bits per heavy atom. The summed E-state index contributed by atoms with van der Waals surface area (Å²) in [7, 11) is 0.